The summed E-state index contributed by atoms with van der Waals surface area (Å²) in [6.45, 7) is 3.60. The van der Waals surface area contributed by atoms with Crippen molar-refractivity contribution in [3.05, 3.63) is 53.3 Å². The molecule has 0 atom stereocenters. The fourth-order valence-corrected chi connectivity index (χ4v) is 1.98. The van der Waals surface area contributed by atoms with Crippen molar-refractivity contribution in [2.45, 2.75) is 5.16 Å². The van der Waals surface area contributed by atoms with Crippen LogP contribution in [-0.2, 0) is 0 Å². The first-order valence-electron chi connectivity index (χ1n) is 5.28. The molecule has 1 heterocycles. The minimum Gasteiger partial charge on any atom is -0.334 e. The average Bonchev–Trinajstić information content (AvgIpc) is 2.41. The smallest absolute Gasteiger partial charge is 0.299 e. The highest BCUT2D eigenvalue weighted by Crippen LogP contribution is 2.14. The van der Waals surface area contributed by atoms with E-state index in [4.69, 9.17) is 5.84 Å². The summed E-state index contributed by atoms with van der Waals surface area (Å²) in [5.74, 6) is 6.33. The molecule has 0 saturated carbocycles. The first kappa shape index (κ1) is 12.4. The molecule has 6 heteroatoms. The van der Waals surface area contributed by atoms with Gasteiger partial charge in [0.25, 0.3) is 5.56 Å². The minimum absolute atomic E-state index is 0.251. The van der Waals surface area contributed by atoms with Gasteiger partial charge >= 0.3 is 0 Å². The molecule has 2 aromatic rings. The lowest BCUT2D eigenvalue weighted by atomic mass is 10.2. The van der Waals surface area contributed by atoms with E-state index in [1.54, 1.807) is 18.2 Å². The van der Waals surface area contributed by atoms with Crippen LogP contribution in [0.5, 0.6) is 0 Å². The van der Waals surface area contributed by atoms with Crippen LogP contribution in [0.1, 0.15) is 0 Å². The van der Waals surface area contributed by atoms with Crippen molar-refractivity contribution in [2.24, 2.45) is 0 Å². The quantitative estimate of drug-likeness (QED) is 0.509. The highest BCUT2D eigenvalue weighted by Gasteiger charge is 2.11. The number of nitrogen functional groups attached to an aromatic ring is 1. The van der Waals surface area contributed by atoms with Crippen LogP contribution in [0, 0.1) is 0 Å². The average molecular weight is 260 g/mol. The van der Waals surface area contributed by atoms with Gasteiger partial charge in [-0.15, -0.1) is 16.8 Å². The van der Waals surface area contributed by atoms with Crippen LogP contribution in [0.2, 0.25) is 0 Å². The SMILES string of the molecule is C=CCSc1nnc(-c2ccccc2)c(=O)n1N. The lowest BCUT2D eigenvalue weighted by Gasteiger charge is -2.06. The van der Waals surface area contributed by atoms with Crippen LogP contribution in [0.3, 0.4) is 0 Å². The highest BCUT2D eigenvalue weighted by atomic mass is 32.2. The normalized spacial score (nSPS) is 10.2. The summed E-state index contributed by atoms with van der Waals surface area (Å²) in [6.07, 6.45) is 1.71. The molecule has 0 unspecified atom stereocenters. The Morgan fingerprint density at radius 2 is 2.06 bits per heavy atom. The summed E-state index contributed by atoms with van der Waals surface area (Å²) < 4.78 is 1.02. The topological polar surface area (TPSA) is 73.8 Å². The van der Waals surface area contributed by atoms with Crippen molar-refractivity contribution in [1.82, 2.24) is 14.9 Å². The second kappa shape index (κ2) is 5.50. The number of nitrogens with zero attached hydrogens (tertiary/aromatic N) is 3. The Balaban J connectivity index is 2.44. The van der Waals surface area contributed by atoms with Gasteiger partial charge in [-0.25, -0.2) is 0 Å². The van der Waals surface area contributed by atoms with Crippen LogP contribution in [-0.4, -0.2) is 20.6 Å². The minimum atomic E-state index is -0.359. The molecular weight excluding hydrogens is 248 g/mol. The highest BCUT2D eigenvalue weighted by molar-refractivity contribution is 7.99. The Morgan fingerprint density at radius 1 is 1.33 bits per heavy atom. The fourth-order valence-electron chi connectivity index (χ4n) is 1.39. The van der Waals surface area contributed by atoms with E-state index in [2.05, 4.69) is 16.8 Å². The first-order chi connectivity index (χ1) is 8.74. The van der Waals surface area contributed by atoms with Crippen LogP contribution >= 0.6 is 11.8 Å². The molecule has 0 aliphatic carbocycles. The number of nitrogens with two attached hydrogens (primary N) is 1. The van der Waals surface area contributed by atoms with Gasteiger partial charge in [-0.05, 0) is 0 Å². The molecule has 1 aromatic carbocycles. The zero-order chi connectivity index (χ0) is 13.0. The summed E-state index contributed by atoms with van der Waals surface area (Å²) in [4.78, 5) is 12.0. The molecule has 0 spiro atoms. The van der Waals surface area contributed by atoms with Crippen molar-refractivity contribution in [1.29, 1.82) is 0 Å². The maximum atomic E-state index is 12.0. The zero-order valence-corrected chi connectivity index (χ0v) is 10.4. The van der Waals surface area contributed by atoms with Crippen LogP contribution < -0.4 is 11.4 Å². The van der Waals surface area contributed by atoms with Gasteiger partial charge in [0.2, 0.25) is 5.16 Å². The summed E-state index contributed by atoms with van der Waals surface area (Å²) in [6, 6.07) is 9.12. The van der Waals surface area contributed by atoms with E-state index in [1.165, 1.54) is 11.8 Å². The second-order valence-corrected chi connectivity index (χ2v) is 4.46. The molecule has 0 aliphatic heterocycles. The van der Waals surface area contributed by atoms with Gasteiger partial charge < -0.3 is 5.84 Å². The maximum Gasteiger partial charge on any atom is 0.299 e. The zero-order valence-electron chi connectivity index (χ0n) is 9.61. The Morgan fingerprint density at radius 3 is 2.72 bits per heavy atom. The predicted molar refractivity (Wildman–Crippen MR) is 72.8 cm³/mol. The van der Waals surface area contributed by atoms with Gasteiger partial charge in [0.05, 0.1) is 0 Å². The molecule has 0 amide bonds. The number of benzene rings is 1. The van der Waals surface area contributed by atoms with Gasteiger partial charge in [0, 0.05) is 11.3 Å². The van der Waals surface area contributed by atoms with Crippen molar-refractivity contribution in [2.75, 3.05) is 11.6 Å². The summed E-state index contributed by atoms with van der Waals surface area (Å²) in [5, 5.41) is 8.27. The summed E-state index contributed by atoms with van der Waals surface area (Å²) >= 11 is 1.31. The third-order valence-electron chi connectivity index (χ3n) is 2.24. The number of hydrogen-bond donors (Lipinski definition) is 1. The van der Waals surface area contributed by atoms with Crippen LogP contribution in [0.4, 0.5) is 0 Å². The van der Waals surface area contributed by atoms with Crippen molar-refractivity contribution in [3.8, 4) is 11.3 Å². The molecular formula is C12H12N4OS. The fraction of sp³-hybridized carbons (Fsp3) is 0.0833. The molecule has 0 radical (unpaired) electrons. The van der Waals surface area contributed by atoms with Crippen molar-refractivity contribution >= 4 is 11.8 Å². The third-order valence-corrected chi connectivity index (χ3v) is 3.18. The number of rotatable bonds is 4. The van der Waals surface area contributed by atoms with Crippen molar-refractivity contribution < 1.29 is 0 Å². The molecule has 0 fully saturated rings. The monoisotopic (exact) mass is 260 g/mol. The van der Waals surface area contributed by atoms with Gasteiger partial charge in [-0.3, -0.25) is 4.79 Å². The van der Waals surface area contributed by atoms with Gasteiger partial charge in [-0.2, -0.15) is 4.68 Å². The van der Waals surface area contributed by atoms with E-state index in [1.807, 2.05) is 18.2 Å². The van der Waals surface area contributed by atoms with Crippen molar-refractivity contribution in [3.63, 3.8) is 0 Å². The van der Waals surface area contributed by atoms with Gasteiger partial charge in [0.15, 0.2) is 5.69 Å². The molecule has 5 nitrogen and oxygen atoms in total. The van der Waals surface area contributed by atoms with E-state index >= 15 is 0 Å². The maximum absolute atomic E-state index is 12.0. The molecule has 18 heavy (non-hydrogen) atoms. The molecule has 1 aromatic heterocycles. The largest absolute Gasteiger partial charge is 0.334 e. The molecule has 0 bridgehead atoms. The predicted octanol–water partition coefficient (Wildman–Crippen LogP) is 1.30. The lowest BCUT2D eigenvalue weighted by Crippen LogP contribution is -2.32. The van der Waals surface area contributed by atoms with Crippen LogP contribution in [0.25, 0.3) is 11.3 Å². The standard InChI is InChI=1S/C12H12N4OS/c1-2-8-18-12-15-14-10(11(17)16(12)13)9-6-4-3-5-7-9/h2-7H,1,8,13H2. The lowest BCUT2D eigenvalue weighted by molar-refractivity contribution is 0.705. The number of thioether (sulfide) groups is 1. The second-order valence-electron chi connectivity index (χ2n) is 3.47. The Kier molecular flexibility index (Phi) is 3.78. The van der Waals surface area contributed by atoms with Gasteiger partial charge in [-0.1, -0.05) is 48.2 Å². The van der Waals surface area contributed by atoms with E-state index in [0.717, 1.165) is 4.68 Å². The molecule has 0 saturated heterocycles. The third kappa shape index (κ3) is 2.43. The Hall–Kier alpha value is -2.08. The Labute approximate surface area is 108 Å². The number of hydrogen-bond acceptors (Lipinski definition) is 5. The van der Waals surface area contributed by atoms with E-state index < -0.39 is 0 Å². The molecule has 92 valence electrons. The Bertz CT molecular complexity index is 609. The molecule has 2 N–H and O–H groups in total. The summed E-state index contributed by atoms with van der Waals surface area (Å²) in [7, 11) is 0. The molecule has 0 aliphatic rings. The van der Waals surface area contributed by atoms with E-state index in [-0.39, 0.29) is 11.3 Å². The van der Waals surface area contributed by atoms with E-state index in [0.29, 0.717) is 16.5 Å². The van der Waals surface area contributed by atoms with Gasteiger partial charge in [0.1, 0.15) is 0 Å². The summed E-state index contributed by atoms with van der Waals surface area (Å²) in [5.41, 5.74) is 0.596. The van der Waals surface area contributed by atoms with Crippen LogP contribution in [0.15, 0.2) is 52.9 Å². The number of aromatic nitrogens is 3. The first-order valence-corrected chi connectivity index (χ1v) is 6.26. The molecule has 2 rings (SSSR count). The van der Waals surface area contributed by atoms with E-state index in [9.17, 15) is 4.79 Å².